The van der Waals surface area contributed by atoms with Crippen LogP contribution in [0.5, 0.6) is 0 Å². The predicted molar refractivity (Wildman–Crippen MR) is 75.8 cm³/mol. The quantitative estimate of drug-likeness (QED) is 0.831. The minimum Gasteiger partial charge on any atom is -0.325 e. The van der Waals surface area contributed by atoms with E-state index >= 15 is 0 Å². The molecule has 0 aliphatic heterocycles. The molecule has 0 aliphatic carbocycles. The van der Waals surface area contributed by atoms with Crippen LogP contribution < -0.4 is 5.32 Å². The summed E-state index contributed by atoms with van der Waals surface area (Å²) >= 11 is 3.54. The summed E-state index contributed by atoms with van der Waals surface area (Å²) in [4.78, 5) is 12.7. The van der Waals surface area contributed by atoms with Crippen molar-refractivity contribution in [3.63, 3.8) is 0 Å². The normalized spacial score (nSPS) is 10.2. The van der Waals surface area contributed by atoms with E-state index in [0.29, 0.717) is 15.7 Å². The van der Waals surface area contributed by atoms with Gasteiger partial charge in [-0.3, -0.25) is 4.79 Å². The fourth-order valence-corrected chi connectivity index (χ4v) is 2.67. The Kier molecular flexibility index (Phi) is 4.11. The monoisotopic (exact) mass is 361 g/mol. The first-order valence-corrected chi connectivity index (χ1v) is 6.88. The Balaban J connectivity index is 2.03. The molecule has 2 aromatic rings. The first-order valence-electron chi connectivity index (χ1n) is 4.92. The van der Waals surface area contributed by atoms with Gasteiger partial charge in [0, 0.05) is 8.45 Å². The zero-order valence-electron chi connectivity index (χ0n) is 8.74. The molecule has 0 atom stereocenters. The van der Waals surface area contributed by atoms with Gasteiger partial charge in [-0.25, -0.2) is 4.39 Å². The first-order chi connectivity index (χ1) is 8.15. The van der Waals surface area contributed by atoms with Crippen molar-refractivity contribution < 1.29 is 9.18 Å². The highest BCUT2D eigenvalue weighted by Gasteiger charge is 2.07. The fraction of sp³-hybridized carbons (Fsp3) is 0.0833. The van der Waals surface area contributed by atoms with E-state index in [4.69, 9.17) is 0 Å². The van der Waals surface area contributed by atoms with Crippen LogP contribution in [0.25, 0.3) is 0 Å². The number of hydrogen-bond acceptors (Lipinski definition) is 2. The van der Waals surface area contributed by atoms with Crippen LogP contribution in [0.1, 0.15) is 4.88 Å². The summed E-state index contributed by atoms with van der Waals surface area (Å²) in [6.45, 7) is 0. The fourth-order valence-electron chi connectivity index (χ4n) is 1.36. The van der Waals surface area contributed by atoms with E-state index in [2.05, 4.69) is 5.32 Å². The molecule has 1 heterocycles. The minimum atomic E-state index is -0.300. The third-order valence-electron chi connectivity index (χ3n) is 2.12. The Morgan fingerprint density at radius 3 is 2.88 bits per heavy atom. The lowest BCUT2D eigenvalue weighted by molar-refractivity contribution is -0.115. The van der Waals surface area contributed by atoms with Gasteiger partial charge in [-0.2, -0.15) is 0 Å². The largest absolute Gasteiger partial charge is 0.325 e. The SMILES string of the molecule is O=C(Cc1cccs1)Nc1ccc(F)cc1I. The molecule has 0 saturated carbocycles. The van der Waals surface area contributed by atoms with Crippen LogP contribution in [-0.4, -0.2) is 5.91 Å². The van der Waals surface area contributed by atoms with Gasteiger partial charge in [0.25, 0.3) is 0 Å². The van der Waals surface area contributed by atoms with Crippen LogP contribution in [-0.2, 0) is 11.2 Å². The van der Waals surface area contributed by atoms with E-state index in [1.54, 1.807) is 17.4 Å². The molecule has 2 nitrogen and oxygen atoms in total. The van der Waals surface area contributed by atoms with Crippen LogP contribution in [0.4, 0.5) is 10.1 Å². The van der Waals surface area contributed by atoms with Crippen LogP contribution in [0.15, 0.2) is 35.7 Å². The maximum atomic E-state index is 12.9. The van der Waals surface area contributed by atoms with Crippen LogP contribution >= 0.6 is 33.9 Å². The molecule has 0 radical (unpaired) electrons. The molecule has 0 unspecified atom stereocenters. The molecule has 88 valence electrons. The summed E-state index contributed by atoms with van der Waals surface area (Å²) in [7, 11) is 0. The molecule has 1 aromatic carbocycles. The molecule has 2 rings (SSSR count). The molecule has 0 spiro atoms. The van der Waals surface area contributed by atoms with E-state index in [0.717, 1.165) is 4.88 Å². The standard InChI is InChI=1S/C12H9FINOS/c13-8-3-4-11(10(14)6-8)15-12(16)7-9-2-1-5-17-9/h1-6H,7H2,(H,15,16). The lowest BCUT2D eigenvalue weighted by Crippen LogP contribution is -2.14. The number of amides is 1. The number of hydrogen-bond donors (Lipinski definition) is 1. The number of anilines is 1. The van der Waals surface area contributed by atoms with Crippen LogP contribution in [0, 0.1) is 9.39 Å². The molecular weight excluding hydrogens is 352 g/mol. The van der Waals surface area contributed by atoms with Gasteiger partial charge in [-0.05, 0) is 52.2 Å². The van der Waals surface area contributed by atoms with E-state index in [9.17, 15) is 9.18 Å². The van der Waals surface area contributed by atoms with Crippen LogP contribution in [0.2, 0.25) is 0 Å². The lowest BCUT2D eigenvalue weighted by Gasteiger charge is -2.06. The van der Waals surface area contributed by atoms with E-state index < -0.39 is 0 Å². The summed E-state index contributed by atoms with van der Waals surface area (Å²) in [5, 5.41) is 4.70. The number of thiophene rings is 1. The van der Waals surface area contributed by atoms with Gasteiger partial charge in [0.05, 0.1) is 12.1 Å². The second kappa shape index (κ2) is 5.59. The van der Waals surface area contributed by atoms with Gasteiger partial charge in [0.1, 0.15) is 5.82 Å². The van der Waals surface area contributed by atoms with Gasteiger partial charge in [-0.1, -0.05) is 6.07 Å². The van der Waals surface area contributed by atoms with Gasteiger partial charge in [0.15, 0.2) is 0 Å². The van der Waals surface area contributed by atoms with Crippen molar-refractivity contribution in [1.29, 1.82) is 0 Å². The average molecular weight is 361 g/mol. The average Bonchev–Trinajstić information content (AvgIpc) is 2.75. The van der Waals surface area contributed by atoms with Gasteiger partial charge in [0.2, 0.25) is 5.91 Å². The van der Waals surface area contributed by atoms with Crippen molar-refractivity contribution >= 4 is 45.5 Å². The lowest BCUT2D eigenvalue weighted by atomic mass is 10.3. The number of rotatable bonds is 3. The molecule has 0 saturated heterocycles. The second-order valence-electron chi connectivity index (χ2n) is 3.43. The third kappa shape index (κ3) is 3.50. The molecule has 1 N–H and O–H groups in total. The van der Waals surface area contributed by atoms with E-state index in [-0.39, 0.29) is 11.7 Å². The molecule has 0 bridgehead atoms. The van der Waals surface area contributed by atoms with Crippen LogP contribution in [0.3, 0.4) is 0 Å². The molecular formula is C12H9FINOS. The maximum Gasteiger partial charge on any atom is 0.229 e. The third-order valence-corrected chi connectivity index (χ3v) is 3.89. The zero-order chi connectivity index (χ0) is 12.3. The van der Waals surface area contributed by atoms with Gasteiger partial charge in [-0.15, -0.1) is 11.3 Å². The van der Waals surface area contributed by atoms with Crippen molar-refractivity contribution in [2.75, 3.05) is 5.32 Å². The smallest absolute Gasteiger partial charge is 0.229 e. The predicted octanol–water partition coefficient (Wildman–Crippen LogP) is 3.67. The minimum absolute atomic E-state index is 0.0861. The summed E-state index contributed by atoms with van der Waals surface area (Å²) in [5.41, 5.74) is 0.647. The highest BCUT2D eigenvalue weighted by Crippen LogP contribution is 2.19. The van der Waals surface area contributed by atoms with Gasteiger partial charge < -0.3 is 5.32 Å². The summed E-state index contributed by atoms with van der Waals surface area (Å²) in [6, 6.07) is 8.13. The van der Waals surface area contributed by atoms with E-state index in [1.165, 1.54) is 12.1 Å². The Bertz CT molecular complexity index is 527. The zero-order valence-corrected chi connectivity index (χ0v) is 11.7. The molecule has 0 fully saturated rings. The highest BCUT2D eigenvalue weighted by atomic mass is 127. The summed E-state index contributed by atoms with van der Waals surface area (Å²) in [6.07, 6.45) is 0.352. The number of benzene rings is 1. The molecule has 1 amide bonds. The second-order valence-corrected chi connectivity index (χ2v) is 5.62. The highest BCUT2D eigenvalue weighted by molar-refractivity contribution is 14.1. The first kappa shape index (κ1) is 12.5. The Morgan fingerprint density at radius 2 is 2.24 bits per heavy atom. The van der Waals surface area contributed by atoms with Crippen molar-refractivity contribution in [1.82, 2.24) is 0 Å². The number of carbonyl (C=O) groups excluding carboxylic acids is 1. The number of nitrogens with one attached hydrogen (secondary N) is 1. The Morgan fingerprint density at radius 1 is 1.41 bits per heavy atom. The number of carbonyl (C=O) groups is 1. The van der Waals surface area contributed by atoms with Crippen molar-refractivity contribution in [3.8, 4) is 0 Å². The molecule has 17 heavy (non-hydrogen) atoms. The maximum absolute atomic E-state index is 12.9. The Labute approximate surface area is 116 Å². The molecule has 0 aliphatic rings. The summed E-state index contributed by atoms with van der Waals surface area (Å²) < 4.78 is 13.6. The van der Waals surface area contributed by atoms with Crippen molar-refractivity contribution in [2.24, 2.45) is 0 Å². The molecule has 5 heteroatoms. The summed E-state index contributed by atoms with van der Waals surface area (Å²) in [5.74, 6) is -0.386. The van der Waals surface area contributed by atoms with Crippen molar-refractivity contribution in [3.05, 3.63) is 50.0 Å². The van der Waals surface area contributed by atoms with E-state index in [1.807, 2.05) is 40.1 Å². The number of halogens is 2. The Hall–Kier alpha value is -0.950. The topological polar surface area (TPSA) is 29.1 Å². The van der Waals surface area contributed by atoms with Crippen molar-refractivity contribution in [2.45, 2.75) is 6.42 Å². The molecule has 1 aromatic heterocycles. The van der Waals surface area contributed by atoms with Gasteiger partial charge >= 0.3 is 0 Å².